The fraction of sp³-hybridized carbons (Fsp3) is 0.558. The average Bonchev–Trinajstić information content (AvgIpc) is 3.95. The number of aromatic nitrogens is 1. The Kier molecular flexibility index (Phi) is 21.3. The van der Waals surface area contributed by atoms with Crippen LogP contribution in [0, 0.1) is 17.2 Å². The van der Waals surface area contributed by atoms with E-state index in [9.17, 15) is 24.0 Å². The molecule has 19 heteroatoms. The van der Waals surface area contributed by atoms with Crippen molar-refractivity contribution in [1.29, 1.82) is 5.26 Å². The van der Waals surface area contributed by atoms with E-state index in [0.717, 1.165) is 51.1 Å². The lowest BCUT2D eigenvalue weighted by Crippen LogP contribution is -2.42. The number of nitrogens with one attached hydrogen (secondary N) is 4. The Bertz CT molecular complexity index is 2210. The third kappa shape index (κ3) is 17.6. The molecule has 3 aromatic rings. The highest BCUT2D eigenvalue weighted by Crippen LogP contribution is 2.33. The van der Waals surface area contributed by atoms with E-state index in [4.69, 9.17) is 28.9 Å². The van der Waals surface area contributed by atoms with Gasteiger partial charge < -0.3 is 49.9 Å². The maximum absolute atomic E-state index is 13.3. The number of ether oxygens (including phenoxy) is 5. The van der Waals surface area contributed by atoms with Crippen molar-refractivity contribution < 1.29 is 47.7 Å². The van der Waals surface area contributed by atoms with Crippen LogP contribution in [0.15, 0.2) is 66.9 Å². The molecule has 4 fully saturated rings. The summed E-state index contributed by atoms with van der Waals surface area (Å²) < 4.78 is 28.3. The number of nitrogens with zero attached hydrogens (tertiary/aromatic N) is 4. The number of pyridine rings is 1. The zero-order valence-corrected chi connectivity index (χ0v) is 41.3. The zero-order valence-electron chi connectivity index (χ0n) is 40.5. The van der Waals surface area contributed by atoms with Gasteiger partial charge in [0.2, 0.25) is 11.8 Å². The second kappa shape index (κ2) is 28.4. The predicted octanol–water partition coefficient (Wildman–Crippen LogP) is 4.97. The first kappa shape index (κ1) is 53.2. The Labute approximate surface area is 420 Å². The van der Waals surface area contributed by atoms with Crippen LogP contribution >= 0.6 is 11.8 Å². The van der Waals surface area contributed by atoms with Crippen molar-refractivity contribution in [3.05, 3.63) is 89.2 Å². The van der Waals surface area contributed by atoms with E-state index in [1.165, 1.54) is 11.8 Å². The summed E-state index contributed by atoms with van der Waals surface area (Å²) in [7, 11) is 0. The number of likely N-dealkylation sites (tertiary alicyclic amines) is 2. The van der Waals surface area contributed by atoms with Gasteiger partial charge in [-0.05, 0) is 98.8 Å². The van der Waals surface area contributed by atoms with Crippen molar-refractivity contribution in [1.82, 2.24) is 30.7 Å². The van der Waals surface area contributed by atoms with Crippen LogP contribution in [0.2, 0.25) is 0 Å². The molecule has 7 rings (SSSR count). The summed E-state index contributed by atoms with van der Waals surface area (Å²) >= 11 is 1.85. The molecule has 4 saturated heterocycles. The molecule has 0 spiro atoms. The average molecular weight is 997 g/mol. The number of hydrogen-bond donors (Lipinski definition) is 4. The first-order valence-electron chi connectivity index (χ1n) is 25.0. The van der Waals surface area contributed by atoms with Crippen molar-refractivity contribution in [3.8, 4) is 11.8 Å². The molecule has 4 N–H and O–H groups in total. The van der Waals surface area contributed by atoms with E-state index < -0.39 is 0 Å². The maximum atomic E-state index is 13.3. The molecule has 0 radical (unpaired) electrons. The van der Waals surface area contributed by atoms with Crippen LogP contribution in [-0.2, 0) is 35.1 Å². The van der Waals surface area contributed by atoms with Crippen molar-refractivity contribution in [3.63, 3.8) is 0 Å². The van der Waals surface area contributed by atoms with Crippen molar-refractivity contribution in [2.24, 2.45) is 5.92 Å². The smallest absolute Gasteiger partial charge is 0.315 e. The van der Waals surface area contributed by atoms with Gasteiger partial charge in [-0.1, -0.05) is 12.1 Å². The molecule has 0 bridgehead atoms. The van der Waals surface area contributed by atoms with E-state index in [1.807, 2.05) is 48.2 Å². The summed E-state index contributed by atoms with van der Waals surface area (Å²) in [5.41, 5.74) is 3.35. The predicted molar refractivity (Wildman–Crippen MR) is 267 cm³/mol. The summed E-state index contributed by atoms with van der Waals surface area (Å²) in [6.45, 7) is 7.25. The minimum atomic E-state index is -0.165. The van der Waals surface area contributed by atoms with Crippen LogP contribution in [0.3, 0.4) is 0 Å². The highest BCUT2D eigenvalue weighted by atomic mass is 32.2. The summed E-state index contributed by atoms with van der Waals surface area (Å²) in [5, 5.41) is 21.1. The van der Waals surface area contributed by atoms with Gasteiger partial charge in [0.25, 0.3) is 5.91 Å². The van der Waals surface area contributed by atoms with Crippen LogP contribution in [0.25, 0.3) is 0 Å². The van der Waals surface area contributed by atoms with E-state index in [0.29, 0.717) is 131 Å². The van der Waals surface area contributed by atoms with Gasteiger partial charge in [-0.3, -0.25) is 29.1 Å². The minimum absolute atomic E-state index is 0.00506. The molecule has 3 atom stereocenters. The Morgan fingerprint density at radius 2 is 1.46 bits per heavy atom. The molecule has 18 nitrogen and oxygen atoms in total. The molecule has 5 heterocycles. The summed E-state index contributed by atoms with van der Waals surface area (Å²) in [6.07, 6.45) is 7.50. The second-order valence-electron chi connectivity index (χ2n) is 18.3. The van der Waals surface area contributed by atoms with Gasteiger partial charge in [-0.15, -0.1) is 0 Å². The van der Waals surface area contributed by atoms with Crippen molar-refractivity contribution in [2.45, 2.75) is 87.8 Å². The highest BCUT2D eigenvalue weighted by molar-refractivity contribution is 8.00. The van der Waals surface area contributed by atoms with Crippen LogP contribution < -0.4 is 26.0 Å². The number of benzene rings is 2. The van der Waals surface area contributed by atoms with E-state index in [-0.39, 0.29) is 60.8 Å². The molecule has 0 aliphatic carbocycles. The van der Waals surface area contributed by atoms with E-state index in [2.05, 4.69) is 37.2 Å². The molecular formula is C52H68N8O10S. The van der Waals surface area contributed by atoms with Gasteiger partial charge >= 0.3 is 6.03 Å². The first-order valence-corrected chi connectivity index (χ1v) is 26.1. The quantitative estimate of drug-likeness (QED) is 0.0429. The zero-order chi connectivity index (χ0) is 49.6. The molecule has 0 saturated carbocycles. The number of fused-ring (bicyclic) bond motifs is 1. The minimum Gasteiger partial charge on any atom is -0.490 e. The van der Waals surface area contributed by atoms with Crippen LogP contribution in [-0.4, -0.2) is 159 Å². The molecule has 5 amide bonds. The van der Waals surface area contributed by atoms with Gasteiger partial charge in [0, 0.05) is 80.3 Å². The number of amides is 5. The molecule has 382 valence electrons. The number of carbonyl (C=O) groups is 5. The number of carbonyl (C=O) groups excluding carboxylic acids is 5. The number of rotatable bonds is 28. The lowest BCUT2D eigenvalue weighted by Gasteiger charge is -2.32. The van der Waals surface area contributed by atoms with Crippen molar-refractivity contribution >= 4 is 47.0 Å². The number of thioether (sulfide) groups is 1. The number of anilines is 1. The summed E-state index contributed by atoms with van der Waals surface area (Å²) in [4.78, 5) is 71.1. The molecule has 0 unspecified atom stereocenters. The second-order valence-corrected chi connectivity index (χ2v) is 19.6. The number of Topliss-reactive ketones (excluding diaryl/α,β-unsaturated/α-hetero) is 1. The third-order valence-corrected chi connectivity index (χ3v) is 14.6. The normalized spacial score (nSPS) is 19.3. The SMILES string of the molecule is N#Cc1ccc(CN2CCC(CC(=O)c3ccc(C(=O)N4CCC(Oc5ccc(NC(=O)CCOCCOCCOCCOCCNC(=O)CCC[C@@H]6SC[C@@H]7NC(=O)N[C@@H]76)cc5)CC4)nc3)CC2)cc1. The first-order chi connectivity index (χ1) is 34.7. The Balaban J connectivity index is 0.646. The summed E-state index contributed by atoms with van der Waals surface area (Å²) in [6, 6.07) is 20.7. The standard InChI is InChI=1S/C52H68N8O10S/c53-33-38-4-6-39(7-5-38)35-59-20-14-37(15-21-59)32-46(61)40-8-13-44(55-34-40)51(64)60-22-16-43(17-23-60)70-42-11-9-41(10-12-42)56-49(63)18-24-66-26-28-68-30-31-69-29-27-67-25-19-54-48(62)3-1-2-47-50-45(36-71-47)57-52(65)58-50/h4-13,34,37,43,45,47,50H,1-3,14-32,35-36H2,(H,54,62)(H,56,63)(H2,57,58,65)/t45-,47-,50-/m0/s1. The largest absolute Gasteiger partial charge is 0.490 e. The monoisotopic (exact) mass is 996 g/mol. The number of urea groups is 1. The fourth-order valence-electron chi connectivity index (χ4n) is 9.11. The number of hydrogen-bond acceptors (Lipinski definition) is 14. The molecule has 4 aliphatic rings. The molecular weight excluding hydrogens is 929 g/mol. The van der Waals surface area contributed by atoms with Gasteiger partial charge in [0.05, 0.1) is 83.0 Å². The Morgan fingerprint density at radius 3 is 2.14 bits per heavy atom. The van der Waals surface area contributed by atoms with Gasteiger partial charge in [-0.25, -0.2) is 4.79 Å². The van der Waals surface area contributed by atoms with Crippen molar-refractivity contribution in [2.75, 3.05) is 96.6 Å². The topological polar surface area (TPSA) is 223 Å². The van der Waals surface area contributed by atoms with E-state index in [1.54, 1.807) is 29.2 Å². The molecule has 4 aliphatic heterocycles. The Hall–Kier alpha value is -5.62. The van der Waals surface area contributed by atoms with Crippen LogP contribution in [0.4, 0.5) is 10.5 Å². The molecule has 2 aromatic carbocycles. The molecule has 71 heavy (non-hydrogen) atoms. The highest BCUT2D eigenvalue weighted by Gasteiger charge is 2.42. The number of nitriles is 1. The summed E-state index contributed by atoms with van der Waals surface area (Å²) in [5.74, 6) is 1.65. The fourth-order valence-corrected chi connectivity index (χ4v) is 10.7. The van der Waals surface area contributed by atoms with Gasteiger partial charge in [0.15, 0.2) is 5.78 Å². The van der Waals surface area contributed by atoms with Gasteiger partial charge in [0.1, 0.15) is 17.5 Å². The number of piperidine rings is 2. The van der Waals surface area contributed by atoms with Crippen LogP contribution in [0.1, 0.15) is 89.8 Å². The third-order valence-electron chi connectivity index (χ3n) is 13.1. The van der Waals surface area contributed by atoms with Gasteiger partial charge in [-0.2, -0.15) is 17.0 Å². The Morgan fingerprint density at radius 1 is 0.775 bits per heavy atom. The van der Waals surface area contributed by atoms with E-state index >= 15 is 0 Å². The molecule has 1 aromatic heterocycles. The maximum Gasteiger partial charge on any atom is 0.315 e. The lowest BCUT2D eigenvalue weighted by atomic mass is 9.90. The lowest BCUT2D eigenvalue weighted by molar-refractivity contribution is -0.121. The van der Waals surface area contributed by atoms with Crippen LogP contribution in [0.5, 0.6) is 5.75 Å². The number of ketones is 1.